The Morgan fingerprint density at radius 2 is 1.90 bits per heavy atom. The van der Waals surface area contributed by atoms with Crippen molar-refractivity contribution in [3.8, 4) is 0 Å². The first kappa shape index (κ1) is 17.7. The van der Waals surface area contributed by atoms with Crippen LogP contribution in [0.4, 0.5) is 0 Å². The molecule has 0 radical (unpaired) electrons. The molecule has 1 aromatic carbocycles. The van der Waals surface area contributed by atoms with E-state index in [1.807, 2.05) is 20.8 Å². The van der Waals surface area contributed by atoms with Gasteiger partial charge in [0.1, 0.15) is 4.90 Å². The maximum absolute atomic E-state index is 12.3. The zero-order chi connectivity index (χ0) is 15.5. The fourth-order valence-electron chi connectivity index (χ4n) is 1.71. The third kappa shape index (κ3) is 3.86. The molecule has 2 atom stereocenters. The molecule has 2 unspecified atom stereocenters. The third-order valence-electron chi connectivity index (χ3n) is 3.44. The minimum absolute atomic E-state index is 0.0381. The van der Waals surface area contributed by atoms with Gasteiger partial charge in [0.05, 0.1) is 11.6 Å². The van der Waals surface area contributed by atoms with Crippen LogP contribution in [-0.4, -0.2) is 19.6 Å². The molecule has 0 aromatic heterocycles. The van der Waals surface area contributed by atoms with E-state index < -0.39 is 16.6 Å². The van der Waals surface area contributed by atoms with Crippen LogP contribution in [0.5, 0.6) is 0 Å². The van der Waals surface area contributed by atoms with Crippen LogP contribution in [0.15, 0.2) is 17.0 Å². The van der Waals surface area contributed by atoms with Crippen LogP contribution in [0.1, 0.15) is 32.8 Å². The van der Waals surface area contributed by atoms with Crippen LogP contribution in [0, 0.1) is 5.92 Å². The predicted molar refractivity (Wildman–Crippen MR) is 81.6 cm³/mol. The second-order valence-corrected chi connectivity index (χ2v) is 7.26. The summed E-state index contributed by atoms with van der Waals surface area (Å²) in [5, 5.41) is 9.42. The van der Waals surface area contributed by atoms with Gasteiger partial charge in [-0.05, 0) is 25.0 Å². The van der Waals surface area contributed by atoms with E-state index in [9.17, 15) is 13.5 Å². The van der Waals surface area contributed by atoms with Gasteiger partial charge in [-0.15, -0.1) is 0 Å². The molecule has 0 aliphatic carbocycles. The van der Waals surface area contributed by atoms with E-state index in [1.54, 1.807) is 0 Å². The minimum Gasteiger partial charge on any atom is -0.392 e. The van der Waals surface area contributed by atoms with Gasteiger partial charge in [0.25, 0.3) is 0 Å². The second kappa shape index (κ2) is 7.09. The van der Waals surface area contributed by atoms with Crippen molar-refractivity contribution in [1.82, 2.24) is 4.72 Å². The van der Waals surface area contributed by atoms with Gasteiger partial charge in [-0.25, -0.2) is 13.1 Å². The molecular weight excluding hydrogens is 321 g/mol. The number of hydrogen-bond acceptors (Lipinski definition) is 3. The van der Waals surface area contributed by atoms with Gasteiger partial charge in [0, 0.05) is 16.6 Å². The van der Waals surface area contributed by atoms with Crippen molar-refractivity contribution in [1.29, 1.82) is 0 Å². The Labute approximate surface area is 130 Å². The first-order valence-corrected chi connectivity index (χ1v) is 8.58. The number of rotatable bonds is 6. The molecule has 0 spiro atoms. The second-order valence-electron chi connectivity index (χ2n) is 4.79. The van der Waals surface area contributed by atoms with E-state index in [0.717, 1.165) is 6.42 Å². The summed E-state index contributed by atoms with van der Waals surface area (Å²) in [6.07, 6.45) is 0.861. The van der Waals surface area contributed by atoms with Crippen LogP contribution in [0.2, 0.25) is 10.0 Å². The highest BCUT2D eigenvalue weighted by Gasteiger charge is 2.24. The van der Waals surface area contributed by atoms with Crippen LogP contribution in [0.25, 0.3) is 0 Å². The third-order valence-corrected chi connectivity index (χ3v) is 5.94. The topological polar surface area (TPSA) is 66.4 Å². The van der Waals surface area contributed by atoms with Gasteiger partial charge in [-0.1, -0.05) is 43.5 Å². The molecule has 2 N–H and O–H groups in total. The van der Waals surface area contributed by atoms with Gasteiger partial charge >= 0.3 is 0 Å². The maximum Gasteiger partial charge on any atom is 0.242 e. The number of hydrogen-bond donors (Lipinski definition) is 2. The summed E-state index contributed by atoms with van der Waals surface area (Å²) in [6, 6.07) is 2.55. The standard InChI is InChI=1S/C13H19Cl2NO3S/c1-4-8(2)9(3)16-20(18,19)12-6-5-11(14)10(7-17)13(12)15/h5-6,8-9,16-17H,4,7H2,1-3H3. The van der Waals surface area contributed by atoms with Gasteiger partial charge in [0.15, 0.2) is 0 Å². The summed E-state index contributed by atoms with van der Waals surface area (Å²) in [4.78, 5) is -0.0669. The maximum atomic E-state index is 12.3. The van der Waals surface area contributed by atoms with Crippen LogP contribution in [-0.2, 0) is 16.6 Å². The first-order valence-electron chi connectivity index (χ1n) is 6.34. The van der Waals surface area contributed by atoms with Crippen LogP contribution < -0.4 is 4.72 Å². The highest BCUT2D eigenvalue weighted by molar-refractivity contribution is 7.89. The molecule has 0 fully saturated rings. The Kier molecular flexibility index (Phi) is 6.28. The van der Waals surface area contributed by atoms with Crippen molar-refractivity contribution >= 4 is 33.2 Å². The Bertz CT molecular complexity index is 575. The lowest BCUT2D eigenvalue weighted by atomic mass is 10.0. The fraction of sp³-hybridized carbons (Fsp3) is 0.538. The van der Waals surface area contributed by atoms with Crippen molar-refractivity contribution in [3.05, 3.63) is 27.7 Å². The van der Waals surface area contributed by atoms with Crippen molar-refractivity contribution in [2.75, 3.05) is 0 Å². The molecule has 1 aromatic rings. The van der Waals surface area contributed by atoms with Crippen molar-refractivity contribution in [3.63, 3.8) is 0 Å². The smallest absolute Gasteiger partial charge is 0.242 e. The van der Waals surface area contributed by atoms with E-state index in [-0.39, 0.29) is 32.5 Å². The van der Waals surface area contributed by atoms with Gasteiger partial charge in [-0.2, -0.15) is 0 Å². The average molecular weight is 340 g/mol. The van der Waals surface area contributed by atoms with Crippen molar-refractivity contribution < 1.29 is 13.5 Å². The number of sulfonamides is 1. The average Bonchev–Trinajstić information content (AvgIpc) is 2.37. The highest BCUT2D eigenvalue weighted by Crippen LogP contribution is 2.31. The molecular formula is C13H19Cl2NO3S. The van der Waals surface area contributed by atoms with E-state index in [2.05, 4.69) is 4.72 Å². The lowest BCUT2D eigenvalue weighted by Gasteiger charge is -2.20. The fourth-order valence-corrected chi connectivity index (χ4v) is 3.96. The van der Waals surface area contributed by atoms with E-state index >= 15 is 0 Å². The molecule has 0 aliphatic rings. The van der Waals surface area contributed by atoms with Gasteiger partial charge in [-0.3, -0.25) is 0 Å². The molecule has 0 heterocycles. The molecule has 0 saturated carbocycles. The zero-order valence-corrected chi connectivity index (χ0v) is 14.0. The Morgan fingerprint density at radius 1 is 1.30 bits per heavy atom. The molecule has 20 heavy (non-hydrogen) atoms. The summed E-state index contributed by atoms with van der Waals surface area (Å²) < 4.78 is 27.3. The summed E-state index contributed by atoms with van der Waals surface area (Å²) >= 11 is 11.9. The van der Waals surface area contributed by atoms with E-state index in [0.29, 0.717) is 0 Å². The van der Waals surface area contributed by atoms with E-state index in [1.165, 1.54) is 12.1 Å². The summed E-state index contributed by atoms with van der Waals surface area (Å²) in [6.45, 7) is 5.36. The van der Waals surface area contributed by atoms with Crippen LogP contribution in [0.3, 0.4) is 0 Å². The van der Waals surface area contributed by atoms with Crippen molar-refractivity contribution in [2.24, 2.45) is 5.92 Å². The van der Waals surface area contributed by atoms with Gasteiger partial charge < -0.3 is 5.11 Å². The lowest BCUT2D eigenvalue weighted by Crippen LogP contribution is -2.37. The molecule has 0 aliphatic heterocycles. The molecule has 0 amide bonds. The number of aliphatic hydroxyl groups is 1. The largest absolute Gasteiger partial charge is 0.392 e. The normalized spacial score (nSPS) is 15.1. The Hall–Kier alpha value is -0.330. The number of aliphatic hydroxyl groups excluding tert-OH is 1. The SMILES string of the molecule is CCC(C)C(C)NS(=O)(=O)c1ccc(Cl)c(CO)c1Cl. The van der Waals surface area contributed by atoms with Gasteiger partial charge in [0.2, 0.25) is 10.0 Å². The lowest BCUT2D eigenvalue weighted by molar-refractivity contribution is 0.281. The Balaban J connectivity index is 3.17. The van der Waals surface area contributed by atoms with E-state index in [4.69, 9.17) is 23.2 Å². The van der Waals surface area contributed by atoms with Crippen molar-refractivity contribution in [2.45, 2.75) is 44.7 Å². The number of benzene rings is 1. The minimum atomic E-state index is -3.75. The quantitative estimate of drug-likeness (QED) is 0.836. The molecule has 0 saturated heterocycles. The molecule has 1 rings (SSSR count). The zero-order valence-electron chi connectivity index (χ0n) is 11.7. The Morgan fingerprint density at radius 3 is 2.40 bits per heavy atom. The molecule has 114 valence electrons. The van der Waals surface area contributed by atoms with Crippen LogP contribution >= 0.6 is 23.2 Å². The molecule has 7 heteroatoms. The molecule has 4 nitrogen and oxygen atoms in total. The summed E-state index contributed by atoms with van der Waals surface area (Å²) in [5.41, 5.74) is 0.215. The summed E-state index contributed by atoms with van der Waals surface area (Å²) in [5.74, 6) is 0.202. The molecule has 0 bridgehead atoms. The monoisotopic (exact) mass is 339 g/mol. The summed E-state index contributed by atoms with van der Waals surface area (Å²) in [7, 11) is -3.75. The number of halogens is 2. The first-order chi connectivity index (χ1) is 9.24. The highest BCUT2D eigenvalue weighted by atomic mass is 35.5. The predicted octanol–water partition coefficient (Wildman–Crippen LogP) is 3.20. The number of nitrogens with one attached hydrogen (secondary N) is 1.